The number of thioether (sulfide) groups is 1. The van der Waals surface area contributed by atoms with Crippen molar-refractivity contribution in [2.24, 2.45) is 0 Å². The molecule has 0 saturated carbocycles. The maximum absolute atomic E-state index is 12.2. The molecule has 4 rings (SSSR count). The Kier molecular flexibility index (Phi) is 5.63. The Hall–Kier alpha value is -2.47. The van der Waals surface area contributed by atoms with Gasteiger partial charge in [-0.25, -0.2) is 4.98 Å². The summed E-state index contributed by atoms with van der Waals surface area (Å²) in [5.74, 6) is 0.200. The summed E-state index contributed by atoms with van der Waals surface area (Å²) in [5, 5.41) is 3.46. The third-order valence-corrected chi connectivity index (χ3v) is 5.55. The fraction of sp³-hybridized carbons (Fsp3) is 0.333. The third-order valence-electron chi connectivity index (χ3n) is 4.72. The normalized spacial score (nSPS) is 14.9. The number of nitrogens with zero attached hydrogens (tertiary/aromatic N) is 2. The number of carbonyl (C=O) groups is 1. The van der Waals surface area contributed by atoms with E-state index in [0.29, 0.717) is 5.22 Å². The van der Waals surface area contributed by atoms with Crippen LogP contribution in [0.4, 0.5) is 11.4 Å². The van der Waals surface area contributed by atoms with E-state index in [-0.39, 0.29) is 11.7 Å². The molecule has 1 fully saturated rings. The number of para-hydroxylation sites is 2. The summed E-state index contributed by atoms with van der Waals surface area (Å²) in [7, 11) is 0. The lowest BCUT2D eigenvalue weighted by atomic mass is 10.2. The molecule has 2 aromatic carbocycles. The fourth-order valence-electron chi connectivity index (χ4n) is 3.32. The van der Waals surface area contributed by atoms with Gasteiger partial charge in [0.2, 0.25) is 5.91 Å². The molecule has 6 heteroatoms. The van der Waals surface area contributed by atoms with Crippen LogP contribution < -0.4 is 10.2 Å². The Morgan fingerprint density at radius 3 is 2.52 bits per heavy atom. The lowest BCUT2D eigenvalue weighted by Crippen LogP contribution is -2.23. The van der Waals surface area contributed by atoms with Crippen molar-refractivity contribution in [2.45, 2.75) is 30.9 Å². The molecule has 1 saturated heterocycles. The highest BCUT2D eigenvalue weighted by Gasteiger charge is 2.11. The minimum atomic E-state index is -0.0650. The minimum Gasteiger partial charge on any atom is -0.431 e. The van der Waals surface area contributed by atoms with Crippen molar-refractivity contribution in [3.63, 3.8) is 0 Å². The van der Waals surface area contributed by atoms with Crippen LogP contribution in [0, 0.1) is 0 Å². The van der Waals surface area contributed by atoms with E-state index in [1.54, 1.807) is 0 Å². The monoisotopic (exact) mass is 381 g/mol. The zero-order valence-corrected chi connectivity index (χ0v) is 16.0. The molecule has 0 bridgehead atoms. The maximum Gasteiger partial charge on any atom is 0.257 e. The molecule has 140 valence electrons. The lowest BCUT2D eigenvalue weighted by molar-refractivity contribution is -0.113. The van der Waals surface area contributed by atoms with Crippen molar-refractivity contribution in [3.8, 4) is 0 Å². The molecular formula is C21H23N3O2S. The Morgan fingerprint density at radius 2 is 1.78 bits per heavy atom. The van der Waals surface area contributed by atoms with Gasteiger partial charge in [-0.15, -0.1) is 0 Å². The van der Waals surface area contributed by atoms with Crippen molar-refractivity contribution in [3.05, 3.63) is 48.5 Å². The van der Waals surface area contributed by atoms with Crippen LogP contribution in [0.2, 0.25) is 0 Å². The number of rotatable bonds is 5. The molecule has 0 atom stereocenters. The van der Waals surface area contributed by atoms with Gasteiger partial charge in [0, 0.05) is 24.5 Å². The summed E-state index contributed by atoms with van der Waals surface area (Å²) in [4.78, 5) is 19.0. The highest BCUT2D eigenvalue weighted by molar-refractivity contribution is 7.99. The predicted octanol–water partition coefficient (Wildman–Crippen LogP) is 4.94. The molecule has 3 aromatic rings. The summed E-state index contributed by atoms with van der Waals surface area (Å²) in [6, 6.07) is 15.7. The van der Waals surface area contributed by atoms with Crippen LogP contribution >= 0.6 is 11.8 Å². The Morgan fingerprint density at radius 1 is 1.04 bits per heavy atom. The van der Waals surface area contributed by atoms with Gasteiger partial charge >= 0.3 is 0 Å². The summed E-state index contributed by atoms with van der Waals surface area (Å²) in [6.07, 6.45) is 5.15. The van der Waals surface area contributed by atoms with E-state index in [4.69, 9.17) is 4.42 Å². The summed E-state index contributed by atoms with van der Waals surface area (Å²) < 4.78 is 5.63. The quantitative estimate of drug-likeness (QED) is 0.635. The van der Waals surface area contributed by atoms with Gasteiger partial charge < -0.3 is 14.6 Å². The van der Waals surface area contributed by atoms with E-state index in [9.17, 15) is 4.79 Å². The minimum absolute atomic E-state index is 0.0650. The van der Waals surface area contributed by atoms with Gasteiger partial charge in [0.25, 0.3) is 5.22 Å². The number of nitrogens with one attached hydrogen (secondary N) is 1. The molecule has 2 heterocycles. The number of anilines is 2. The fourth-order valence-corrected chi connectivity index (χ4v) is 3.96. The largest absolute Gasteiger partial charge is 0.431 e. The molecule has 0 aliphatic carbocycles. The zero-order valence-electron chi connectivity index (χ0n) is 15.2. The van der Waals surface area contributed by atoms with Gasteiger partial charge in [0.05, 0.1) is 5.75 Å². The maximum atomic E-state index is 12.2. The number of benzene rings is 2. The van der Waals surface area contributed by atoms with Crippen LogP contribution in [0.15, 0.2) is 58.2 Å². The van der Waals surface area contributed by atoms with Crippen molar-refractivity contribution in [1.82, 2.24) is 4.98 Å². The van der Waals surface area contributed by atoms with E-state index >= 15 is 0 Å². The first-order valence-electron chi connectivity index (χ1n) is 9.41. The molecule has 1 aromatic heterocycles. The predicted molar refractivity (Wildman–Crippen MR) is 110 cm³/mol. The molecular weight excluding hydrogens is 358 g/mol. The zero-order chi connectivity index (χ0) is 18.5. The smallest absolute Gasteiger partial charge is 0.257 e. The molecule has 1 N–H and O–H groups in total. The van der Waals surface area contributed by atoms with Crippen LogP contribution in [0.25, 0.3) is 11.1 Å². The number of fused-ring (bicyclic) bond motifs is 1. The molecule has 0 unspecified atom stereocenters. The SMILES string of the molecule is O=C(CSc1nc2ccccc2o1)Nc1ccc(N2CCCCCC2)cc1. The highest BCUT2D eigenvalue weighted by atomic mass is 32.2. The molecule has 0 spiro atoms. The van der Waals surface area contributed by atoms with Gasteiger partial charge in [-0.05, 0) is 49.2 Å². The topological polar surface area (TPSA) is 58.4 Å². The average Bonchev–Trinajstić information content (AvgIpc) is 2.91. The van der Waals surface area contributed by atoms with Gasteiger partial charge in [-0.1, -0.05) is 36.7 Å². The average molecular weight is 382 g/mol. The third kappa shape index (κ3) is 4.63. The van der Waals surface area contributed by atoms with E-state index < -0.39 is 0 Å². The van der Waals surface area contributed by atoms with Gasteiger partial charge in [-0.3, -0.25) is 4.79 Å². The Labute approximate surface area is 163 Å². The van der Waals surface area contributed by atoms with Crippen LogP contribution in [0.5, 0.6) is 0 Å². The van der Waals surface area contributed by atoms with Crippen molar-refractivity contribution in [2.75, 3.05) is 29.1 Å². The van der Waals surface area contributed by atoms with Gasteiger partial charge in [0.1, 0.15) is 5.52 Å². The van der Waals surface area contributed by atoms with Crippen LogP contribution in [-0.4, -0.2) is 29.7 Å². The molecule has 5 nitrogen and oxygen atoms in total. The summed E-state index contributed by atoms with van der Waals surface area (Å²) in [5.41, 5.74) is 3.60. The first kappa shape index (κ1) is 17.9. The molecule has 1 aliphatic rings. The number of carbonyl (C=O) groups excluding carboxylic acids is 1. The van der Waals surface area contributed by atoms with Crippen molar-refractivity contribution >= 4 is 40.1 Å². The molecule has 1 amide bonds. The number of hydrogen-bond acceptors (Lipinski definition) is 5. The van der Waals surface area contributed by atoms with E-state index in [0.717, 1.165) is 29.9 Å². The summed E-state index contributed by atoms with van der Waals surface area (Å²) >= 11 is 1.30. The lowest BCUT2D eigenvalue weighted by Gasteiger charge is -2.22. The standard InChI is InChI=1S/C21H23N3O2S/c25-20(15-27-21-23-18-7-3-4-8-19(18)26-21)22-16-9-11-17(12-10-16)24-13-5-1-2-6-14-24/h3-4,7-12H,1-2,5-6,13-15H2,(H,22,25). The summed E-state index contributed by atoms with van der Waals surface area (Å²) in [6.45, 7) is 2.24. The van der Waals surface area contributed by atoms with Crippen molar-refractivity contribution < 1.29 is 9.21 Å². The van der Waals surface area contributed by atoms with Gasteiger partial charge in [-0.2, -0.15) is 0 Å². The van der Waals surface area contributed by atoms with Crippen LogP contribution in [0.1, 0.15) is 25.7 Å². The second-order valence-corrected chi connectivity index (χ2v) is 7.66. The number of aromatic nitrogens is 1. The Balaban J connectivity index is 1.31. The molecule has 0 radical (unpaired) electrons. The number of oxazole rings is 1. The first-order chi connectivity index (χ1) is 13.3. The van der Waals surface area contributed by atoms with Crippen LogP contribution in [0.3, 0.4) is 0 Å². The first-order valence-corrected chi connectivity index (χ1v) is 10.4. The molecule has 1 aliphatic heterocycles. The number of hydrogen-bond donors (Lipinski definition) is 1. The second kappa shape index (κ2) is 8.48. The van der Waals surface area contributed by atoms with E-state index in [1.165, 1.54) is 43.1 Å². The number of amides is 1. The second-order valence-electron chi connectivity index (χ2n) is 6.73. The van der Waals surface area contributed by atoms with Crippen LogP contribution in [-0.2, 0) is 4.79 Å². The van der Waals surface area contributed by atoms with Gasteiger partial charge in [0.15, 0.2) is 5.58 Å². The van der Waals surface area contributed by atoms with E-state index in [2.05, 4.69) is 27.3 Å². The van der Waals surface area contributed by atoms with Crippen molar-refractivity contribution in [1.29, 1.82) is 0 Å². The molecule has 27 heavy (non-hydrogen) atoms. The van der Waals surface area contributed by atoms with E-state index in [1.807, 2.05) is 36.4 Å². The Bertz CT molecular complexity index is 866. The highest BCUT2D eigenvalue weighted by Crippen LogP contribution is 2.24.